The molecule has 0 spiro atoms. The number of carbonyl (C=O) groups is 1. The van der Waals surface area contributed by atoms with Gasteiger partial charge in [0, 0.05) is 44.1 Å². The van der Waals surface area contributed by atoms with Crippen LogP contribution in [0.4, 0.5) is 0 Å². The zero-order valence-electron chi connectivity index (χ0n) is 11.8. The van der Waals surface area contributed by atoms with E-state index >= 15 is 0 Å². The van der Waals surface area contributed by atoms with Crippen molar-refractivity contribution in [1.82, 2.24) is 9.47 Å². The molecule has 5 nitrogen and oxygen atoms in total. The van der Waals surface area contributed by atoms with Gasteiger partial charge in [-0.15, -0.1) is 0 Å². The smallest absolute Gasteiger partial charge is 0.161 e. The van der Waals surface area contributed by atoms with Crippen LogP contribution < -0.4 is 0 Å². The second kappa shape index (κ2) is 5.07. The van der Waals surface area contributed by atoms with Gasteiger partial charge < -0.3 is 14.8 Å². The van der Waals surface area contributed by atoms with Crippen LogP contribution in [0.3, 0.4) is 0 Å². The highest BCUT2D eigenvalue weighted by atomic mass is 16.3. The number of piperidine rings is 1. The highest BCUT2D eigenvalue weighted by Gasteiger charge is 2.36. The average molecular weight is 266 g/mol. The third-order valence-electron chi connectivity index (χ3n) is 3.98. The molecule has 1 aliphatic heterocycles. The first-order valence-corrected chi connectivity index (χ1v) is 6.58. The maximum absolute atomic E-state index is 11.3. The van der Waals surface area contributed by atoms with E-state index in [9.17, 15) is 15.0 Å². The number of aryl methyl sites for hydroxylation is 1. The van der Waals surface area contributed by atoms with Crippen LogP contribution in [-0.2, 0) is 13.6 Å². The summed E-state index contributed by atoms with van der Waals surface area (Å²) in [5.41, 5.74) is 0.760. The van der Waals surface area contributed by atoms with Crippen molar-refractivity contribution < 1.29 is 15.0 Å². The number of carbonyl (C=O) groups excluding carboxylic acids is 1. The van der Waals surface area contributed by atoms with Gasteiger partial charge in [-0.25, -0.2) is 0 Å². The van der Waals surface area contributed by atoms with E-state index in [2.05, 4.69) is 4.90 Å². The van der Waals surface area contributed by atoms with Crippen molar-refractivity contribution >= 4 is 5.78 Å². The van der Waals surface area contributed by atoms with Crippen molar-refractivity contribution in [2.45, 2.75) is 38.5 Å². The van der Waals surface area contributed by atoms with E-state index in [1.165, 1.54) is 0 Å². The molecule has 2 atom stereocenters. The summed E-state index contributed by atoms with van der Waals surface area (Å²) in [4.78, 5) is 13.4. The number of aromatic nitrogens is 1. The second-order valence-corrected chi connectivity index (χ2v) is 5.75. The standard InChI is InChI=1S/C14H22N2O3/c1-10(17)11-6-12(15(3)7-11)8-16-5-4-14(2,19)13(18)9-16/h6-7,13,18-19H,4-5,8-9H2,1-3H3/t13-,14-/m1/s1. The lowest BCUT2D eigenvalue weighted by atomic mass is 9.91. The number of rotatable bonds is 3. The number of aliphatic hydroxyl groups excluding tert-OH is 1. The molecule has 0 saturated carbocycles. The van der Waals surface area contributed by atoms with E-state index in [4.69, 9.17) is 0 Å². The molecule has 0 radical (unpaired) electrons. The van der Waals surface area contributed by atoms with Gasteiger partial charge >= 0.3 is 0 Å². The van der Waals surface area contributed by atoms with Crippen molar-refractivity contribution in [3.63, 3.8) is 0 Å². The lowest BCUT2D eigenvalue weighted by Crippen LogP contribution is -2.53. The predicted molar refractivity (Wildman–Crippen MR) is 71.9 cm³/mol. The lowest BCUT2D eigenvalue weighted by Gasteiger charge is -2.39. The Bertz CT molecular complexity index is 479. The molecule has 5 heteroatoms. The number of β-amino-alcohol motifs (C(OH)–C–C–N with tert-alkyl or cyclic N) is 1. The quantitative estimate of drug-likeness (QED) is 0.784. The Balaban J connectivity index is 2.04. The van der Waals surface area contributed by atoms with E-state index in [0.717, 1.165) is 12.2 Å². The van der Waals surface area contributed by atoms with Crippen LogP contribution in [-0.4, -0.2) is 50.3 Å². The van der Waals surface area contributed by atoms with Gasteiger partial charge in [-0.1, -0.05) is 0 Å². The third kappa shape index (κ3) is 3.05. The zero-order chi connectivity index (χ0) is 14.2. The Morgan fingerprint density at radius 1 is 1.58 bits per heavy atom. The van der Waals surface area contributed by atoms with Crippen LogP contribution in [0.2, 0.25) is 0 Å². The molecule has 0 aromatic carbocycles. The molecule has 1 aliphatic rings. The molecule has 2 N–H and O–H groups in total. The monoisotopic (exact) mass is 266 g/mol. The molecule has 1 fully saturated rings. The van der Waals surface area contributed by atoms with Gasteiger partial charge in [0.15, 0.2) is 5.78 Å². The minimum Gasteiger partial charge on any atom is -0.389 e. The normalized spacial score (nSPS) is 28.6. The van der Waals surface area contributed by atoms with Crippen LogP contribution in [0, 0.1) is 0 Å². The molecule has 19 heavy (non-hydrogen) atoms. The fourth-order valence-electron chi connectivity index (χ4n) is 2.42. The summed E-state index contributed by atoms with van der Waals surface area (Å²) in [5.74, 6) is 0.0588. The summed E-state index contributed by atoms with van der Waals surface area (Å²) in [6.45, 7) is 5.10. The Morgan fingerprint density at radius 3 is 2.79 bits per heavy atom. The topological polar surface area (TPSA) is 65.7 Å². The van der Waals surface area contributed by atoms with Gasteiger partial charge in [-0.3, -0.25) is 9.69 Å². The summed E-state index contributed by atoms with van der Waals surface area (Å²) in [6.07, 6.45) is 1.65. The van der Waals surface area contributed by atoms with Crippen molar-refractivity contribution in [1.29, 1.82) is 0 Å². The van der Waals surface area contributed by atoms with E-state index in [1.807, 2.05) is 23.9 Å². The first kappa shape index (κ1) is 14.2. The zero-order valence-corrected chi connectivity index (χ0v) is 11.8. The van der Waals surface area contributed by atoms with Crippen LogP contribution in [0.1, 0.15) is 36.3 Å². The van der Waals surface area contributed by atoms with Gasteiger partial charge in [-0.2, -0.15) is 0 Å². The fraction of sp³-hybridized carbons (Fsp3) is 0.643. The second-order valence-electron chi connectivity index (χ2n) is 5.75. The predicted octanol–water partition coefficient (Wildman–Crippen LogP) is 0.545. The molecule has 0 unspecified atom stereocenters. The van der Waals surface area contributed by atoms with Gasteiger partial charge in [0.25, 0.3) is 0 Å². The number of ketones is 1. The molecule has 0 aliphatic carbocycles. The summed E-state index contributed by atoms with van der Waals surface area (Å²) >= 11 is 0. The SMILES string of the molecule is CC(=O)c1cc(CN2CC[C@@](C)(O)[C@H](O)C2)n(C)c1. The molecular formula is C14H22N2O3. The Kier molecular flexibility index (Phi) is 3.80. The van der Waals surface area contributed by atoms with E-state index < -0.39 is 11.7 Å². The van der Waals surface area contributed by atoms with E-state index in [0.29, 0.717) is 25.1 Å². The summed E-state index contributed by atoms with van der Waals surface area (Å²) < 4.78 is 1.94. The highest BCUT2D eigenvalue weighted by Crippen LogP contribution is 2.23. The first-order chi connectivity index (χ1) is 8.79. The first-order valence-electron chi connectivity index (χ1n) is 6.58. The number of nitrogens with zero attached hydrogens (tertiary/aromatic N) is 2. The minimum atomic E-state index is -0.991. The summed E-state index contributed by atoms with van der Waals surface area (Å²) in [7, 11) is 1.91. The average Bonchev–Trinajstić information content (AvgIpc) is 2.66. The number of Topliss-reactive ketones (excluding diaryl/α,β-unsaturated/α-hetero) is 1. The Morgan fingerprint density at radius 2 is 2.26 bits per heavy atom. The Hall–Kier alpha value is -1.17. The van der Waals surface area contributed by atoms with Crippen LogP contribution in [0.25, 0.3) is 0 Å². The molecule has 106 valence electrons. The summed E-state index contributed by atoms with van der Waals surface area (Å²) in [5, 5.41) is 19.8. The van der Waals surface area contributed by atoms with Crippen molar-refractivity contribution in [2.24, 2.45) is 7.05 Å². The molecule has 0 amide bonds. The lowest BCUT2D eigenvalue weighted by molar-refractivity contribution is -0.108. The highest BCUT2D eigenvalue weighted by molar-refractivity contribution is 5.94. The molecule has 0 bridgehead atoms. The number of hydrogen-bond donors (Lipinski definition) is 2. The molecular weight excluding hydrogens is 244 g/mol. The van der Waals surface area contributed by atoms with Crippen molar-refractivity contribution in [3.05, 3.63) is 23.5 Å². The van der Waals surface area contributed by atoms with Crippen molar-refractivity contribution in [3.8, 4) is 0 Å². The molecule has 2 rings (SSSR count). The molecule has 1 aromatic rings. The van der Waals surface area contributed by atoms with Gasteiger partial charge in [0.2, 0.25) is 0 Å². The maximum Gasteiger partial charge on any atom is 0.161 e. The minimum absolute atomic E-state index is 0.0588. The van der Waals surface area contributed by atoms with Gasteiger partial charge in [-0.05, 0) is 26.3 Å². The molecule has 1 saturated heterocycles. The van der Waals surface area contributed by atoms with Crippen LogP contribution >= 0.6 is 0 Å². The van der Waals surface area contributed by atoms with Crippen LogP contribution in [0.5, 0.6) is 0 Å². The van der Waals surface area contributed by atoms with E-state index in [-0.39, 0.29) is 5.78 Å². The number of likely N-dealkylation sites (tertiary alicyclic amines) is 1. The Labute approximate surface area is 113 Å². The van der Waals surface area contributed by atoms with E-state index in [1.54, 1.807) is 13.8 Å². The van der Waals surface area contributed by atoms with Crippen molar-refractivity contribution in [2.75, 3.05) is 13.1 Å². The maximum atomic E-state index is 11.3. The number of aliphatic hydroxyl groups is 2. The largest absolute Gasteiger partial charge is 0.389 e. The van der Waals surface area contributed by atoms with Crippen LogP contribution in [0.15, 0.2) is 12.3 Å². The van der Waals surface area contributed by atoms with Gasteiger partial charge in [0.1, 0.15) is 0 Å². The fourth-order valence-corrected chi connectivity index (χ4v) is 2.42. The summed E-state index contributed by atoms with van der Waals surface area (Å²) in [6, 6.07) is 1.89. The molecule has 1 aromatic heterocycles. The van der Waals surface area contributed by atoms with Gasteiger partial charge in [0.05, 0.1) is 11.7 Å². The molecule has 2 heterocycles. The third-order valence-corrected chi connectivity index (χ3v) is 3.98. The number of hydrogen-bond acceptors (Lipinski definition) is 4.